The van der Waals surface area contributed by atoms with Gasteiger partial charge in [0, 0.05) is 29.6 Å². The van der Waals surface area contributed by atoms with E-state index in [1.807, 2.05) is 24.3 Å². The van der Waals surface area contributed by atoms with Gasteiger partial charge in [-0.15, -0.1) is 0 Å². The van der Waals surface area contributed by atoms with E-state index in [1.54, 1.807) is 53.7 Å². The molecule has 0 bridgehead atoms. The highest BCUT2D eigenvalue weighted by atomic mass is 19.1. The van der Waals surface area contributed by atoms with Crippen LogP contribution in [0.25, 0.3) is 22.0 Å². The second-order valence-electron chi connectivity index (χ2n) is 11.3. The highest BCUT2D eigenvalue weighted by Crippen LogP contribution is 2.32. The second kappa shape index (κ2) is 12.4. The Bertz CT molecular complexity index is 1340. The minimum absolute atomic E-state index is 0.201. The van der Waals surface area contributed by atoms with Gasteiger partial charge in [0.1, 0.15) is 22.7 Å². The van der Waals surface area contributed by atoms with Gasteiger partial charge in [-0.25, -0.2) is 14.0 Å². The number of hydrogen-bond donors (Lipinski definition) is 5. The molecule has 5 N–H and O–H groups in total. The Kier molecular flexibility index (Phi) is 9.41. The highest BCUT2D eigenvalue weighted by Gasteiger charge is 2.28. The molecule has 0 saturated heterocycles. The summed E-state index contributed by atoms with van der Waals surface area (Å²) in [6.07, 6.45) is -2.85. The quantitative estimate of drug-likeness (QED) is 0.277. The van der Waals surface area contributed by atoms with Crippen LogP contribution in [0.4, 0.5) is 14.0 Å². The minimum Gasteiger partial charge on any atom is -0.444 e. The molecule has 0 aliphatic rings. The number of H-pyrrole nitrogens is 1. The summed E-state index contributed by atoms with van der Waals surface area (Å²) in [7, 11) is 0. The molecule has 2 atom stereocenters. The summed E-state index contributed by atoms with van der Waals surface area (Å²) < 4.78 is 24.1. The Balaban J connectivity index is 1.80. The second-order valence-corrected chi connectivity index (χ2v) is 11.3. The lowest BCUT2D eigenvalue weighted by Gasteiger charge is -2.27. The lowest BCUT2D eigenvalue weighted by molar-refractivity contribution is 0.0384. The molecule has 0 fully saturated rings. The monoisotopic (exact) mass is 556 g/mol. The van der Waals surface area contributed by atoms with Crippen molar-refractivity contribution >= 4 is 29.0 Å². The molecule has 11 heteroatoms. The van der Waals surface area contributed by atoms with Crippen LogP contribution in [0, 0.1) is 5.82 Å². The Morgan fingerprint density at radius 1 is 0.875 bits per heavy atom. The van der Waals surface area contributed by atoms with Crippen LogP contribution < -0.4 is 16.0 Å². The third-order valence-corrected chi connectivity index (χ3v) is 5.57. The number of rotatable bonds is 8. The number of nitrogens with one attached hydrogen (secondary N) is 4. The molecule has 10 nitrogen and oxygen atoms in total. The first-order valence-electron chi connectivity index (χ1n) is 12.9. The van der Waals surface area contributed by atoms with E-state index >= 15 is 0 Å². The Morgan fingerprint density at radius 2 is 1.48 bits per heavy atom. The molecule has 2 aromatic carbocycles. The van der Waals surface area contributed by atoms with Gasteiger partial charge < -0.3 is 35.5 Å². The van der Waals surface area contributed by atoms with E-state index in [0.717, 1.165) is 5.39 Å². The van der Waals surface area contributed by atoms with Gasteiger partial charge in [-0.2, -0.15) is 0 Å². The SMILES string of the molecule is CC(C)(C)OC(=O)NCC(O)[C@@H](CNC(=O)c1[nH]c2ccccc2c1-c1ccc(F)cc1)NC(=O)OC(C)(C)C. The number of carbonyl (C=O) groups excluding carboxylic acids is 3. The number of fused-ring (bicyclic) bond motifs is 1. The van der Waals surface area contributed by atoms with Crippen molar-refractivity contribution < 1.29 is 33.4 Å². The van der Waals surface area contributed by atoms with E-state index in [1.165, 1.54) is 12.1 Å². The average molecular weight is 557 g/mol. The number of amides is 3. The van der Waals surface area contributed by atoms with Crippen molar-refractivity contribution in [2.24, 2.45) is 0 Å². The summed E-state index contributed by atoms with van der Waals surface area (Å²) in [4.78, 5) is 41.1. The molecule has 3 aromatic rings. The maximum absolute atomic E-state index is 13.6. The van der Waals surface area contributed by atoms with Crippen LogP contribution in [-0.2, 0) is 9.47 Å². The number of aliphatic hydroxyl groups is 1. The maximum Gasteiger partial charge on any atom is 0.408 e. The zero-order valence-corrected chi connectivity index (χ0v) is 23.6. The topological polar surface area (TPSA) is 142 Å². The largest absolute Gasteiger partial charge is 0.444 e. The standard InChI is InChI=1S/C29H37FN4O6/c1-28(2,3)39-26(37)32-16-22(35)21(34-27(38)40-29(4,5)6)15-31-25(36)24-23(17-11-13-18(30)14-12-17)19-9-7-8-10-20(19)33-24/h7-14,21-22,33,35H,15-16H2,1-6H3,(H,31,36)(H,32,37)(H,34,38)/t21-,22?/m1/s1. The predicted octanol–water partition coefficient (Wildman–Crippen LogP) is 4.48. The fourth-order valence-corrected chi connectivity index (χ4v) is 3.91. The first-order valence-corrected chi connectivity index (χ1v) is 12.9. The number of aromatic nitrogens is 1. The van der Waals surface area contributed by atoms with Gasteiger partial charge in [-0.3, -0.25) is 4.79 Å². The van der Waals surface area contributed by atoms with E-state index in [2.05, 4.69) is 20.9 Å². The number of carbonyl (C=O) groups is 3. The summed E-state index contributed by atoms with van der Waals surface area (Å²) in [6.45, 7) is 9.72. The predicted molar refractivity (Wildman–Crippen MR) is 149 cm³/mol. The number of aliphatic hydroxyl groups excluding tert-OH is 1. The van der Waals surface area contributed by atoms with Crippen LogP contribution in [0.2, 0.25) is 0 Å². The van der Waals surface area contributed by atoms with Gasteiger partial charge in [0.15, 0.2) is 0 Å². The average Bonchev–Trinajstić information content (AvgIpc) is 3.23. The molecule has 1 heterocycles. The Hall–Kier alpha value is -4.12. The van der Waals surface area contributed by atoms with Crippen LogP contribution in [0.3, 0.4) is 0 Å². The highest BCUT2D eigenvalue weighted by molar-refractivity contribution is 6.09. The molecule has 0 aliphatic carbocycles. The van der Waals surface area contributed by atoms with E-state index in [4.69, 9.17) is 9.47 Å². The van der Waals surface area contributed by atoms with Gasteiger partial charge in [0.05, 0.1) is 12.1 Å². The van der Waals surface area contributed by atoms with Crippen molar-refractivity contribution in [1.29, 1.82) is 0 Å². The first-order chi connectivity index (χ1) is 18.6. The van der Waals surface area contributed by atoms with Crippen molar-refractivity contribution in [1.82, 2.24) is 20.9 Å². The third-order valence-electron chi connectivity index (χ3n) is 5.57. The number of aromatic amines is 1. The van der Waals surface area contributed by atoms with Crippen LogP contribution in [0.5, 0.6) is 0 Å². The third kappa shape index (κ3) is 8.70. The lowest BCUT2D eigenvalue weighted by Crippen LogP contribution is -2.54. The summed E-state index contributed by atoms with van der Waals surface area (Å²) >= 11 is 0. The summed E-state index contributed by atoms with van der Waals surface area (Å²) in [5.74, 6) is -0.918. The van der Waals surface area contributed by atoms with E-state index in [9.17, 15) is 23.9 Å². The molecular formula is C29H37FN4O6. The van der Waals surface area contributed by atoms with Crippen LogP contribution in [0.1, 0.15) is 52.0 Å². The first kappa shape index (κ1) is 30.4. The molecule has 3 rings (SSSR count). The normalized spacial score (nSPS) is 13.3. The summed E-state index contributed by atoms with van der Waals surface area (Å²) in [5.41, 5.74) is 0.610. The van der Waals surface area contributed by atoms with Gasteiger partial charge in [-0.1, -0.05) is 30.3 Å². The number of benzene rings is 2. The zero-order chi connectivity index (χ0) is 29.7. The fraction of sp³-hybridized carbons (Fsp3) is 0.414. The molecule has 0 radical (unpaired) electrons. The molecule has 3 amide bonds. The van der Waals surface area contributed by atoms with E-state index in [-0.39, 0.29) is 18.8 Å². The minimum atomic E-state index is -1.31. The molecule has 216 valence electrons. The number of alkyl carbamates (subject to hydrolysis) is 2. The van der Waals surface area contributed by atoms with Gasteiger partial charge in [0.2, 0.25) is 0 Å². The van der Waals surface area contributed by atoms with Crippen molar-refractivity contribution in [2.75, 3.05) is 13.1 Å². The molecule has 0 spiro atoms. The maximum atomic E-state index is 13.6. The molecule has 1 aromatic heterocycles. The lowest BCUT2D eigenvalue weighted by atomic mass is 10.0. The van der Waals surface area contributed by atoms with Gasteiger partial charge >= 0.3 is 12.2 Å². The van der Waals surface area contributed by atoms with Crippen molar-refractivity contribution in [2.45, 2.75) is 64.9 Å². The van der Waals surface area contributed by atoms with E-state index < -0.39 is 47.3 Å². The smallest absolute Gasteiger partial charge is 0.408 e. The Morgan fingerprint density at radius 3 is 2.10 bits per heavy atom. The summed E-state index contributed by atoms with van der Waals surface area (Å²) in [6, 6.07) is 12.1. The number of para-hydroxylation sites is 1. The number of hydrogen-bond acceptors (Lipinski definition) is 6. The zero-order valence-electron chi connectivity index (χ0n) is 23.6. The van der Waals surface area contributed by atoms with Crippen molar-refractivity contribution in [3.8, 4) is 11.1 Å². The van der Waals surface area contributed by atoms with Crippen molar-refractivity contribution in [3.63, 3.8) is 0 Å². The van der Waals surface area contributed by atoms with Crippen LogP contribution in [-0.4, -0.2) is 64.6 Å². The molecule has 0 aliphatic heterocycles. The van der Waals surface area contributed by atoms with Crippen LogP contribution >= 0.6 is 0 Å². The van der Waals surface area contributed by atoms with E-state index in [0.29, 0.717) is 16.6 Å². The number of halogens is 1. The van der Waals surface area contributed by atoms with Crippen molar-refractivity contribution in [3.05, 3.63) is 60.0 Å². The molecular weight excluding hydrogens is 519 g/mol. The molecule has 1 unspecified atom stereocenters. The summed E-state index contributed by atoms with van der Waals surface area (Å²) in [5, 5.41) is 19.4. The van der Waals surface area contributed by atoms with Crippen LogP contribution in [0.15, 0.2) is 48.5 Å². The van der Waals surface area contributed by atoms with Gasteiger partial charge in [-0.05, 0) is 65.3 Å². The fourth-order valence-electron chi connectivity index (χ4n) is 3.91. The molecule has 40 heavy (non-hydrogen) atoms. The Labute approximate surface area is 232 Å². The molecule has 0 saturated carbocycles. The van der Waals surface area contributed by atoms with Gasteiger partial charge in [0.25, 0.3) is 5.91 Å². The number of ether oxygens (including phenoxy) is 2.